The zero-order valence-electron chi connectivity index (χ0n) is 20.3. The molecular formula is C21H30ClN3O9S. The van der Waals surface area contributed by atoms with E-state index in [0.29, 0.717) is 0 Å². The number of methoxy groups -OCH3 is 1. The van der Waals surface area contributed by atoms with Crippen molar-refractivity contribution in [2.75, 3.05) is 45.3 Å². The van der Waals surface area contributed by atoms with Crippen molar-refractivity contribution < 1.29 is 43.0 Å². The first-order chi connectivity index (χ1) is 16.4. The number of rotatable bonds is 11. The fraction of sp³-hybridized carbons (Fsp3) is 0.714. The number of β-lactam (4-membered cyclic amide) rings is 1. The molecule has 0 radical (unpaired) electrons. The zero-order valence-corrected chi connectivity index (χ0v) is 21.8. The zero-order chi connectivity index (χ0) is 26.4. The molecule has 2 rings (SSSR count). The van der Waals surface area contributed by atoms with E-state index < -0.39 is 70.2 Å². The lowest BCUT2D eigenvalue weighted by Gasteiger charge is -2.53. The second-order valence-electron chi connectivity index (χ2n) is 8.98. The van der Waals surface area contributed by atoms with Crippen LogP contribution in [0.15, 0.2) is 5.16 Å². The van der Waals surface area contributed by atoms with Gasteiger partial charge in [-0.25, -0.2) is 0 Å². The van der Waals surface area contributed by atoms with Gasteiger partial charge in [-0.3, -0.25) is 24.0 Å². The Bertz CT molecular complexity index is 892. The highest BCUT2D eigenvalue weighted by Crippen LogP contribution is 2.42. The Balaban J connectivity index is 2.03. The lowest BCUT2D eigenvalue weighted by molar-refractivity contribution is -0.183. The summed E-state index contributed by atoms with van der Waals surface area (Å²) in [6.07, 6.45) is 0. The van der Waals surface area contributed by atoms with Crippen molar-refractivity contribution in [3.8, 4) is 0 Å². The van der Waals surface area contributed by atoms with E-state index in [4.69, 9.17) is 30.6 Å². The topological polar surface area (TPSA) is 150 Å². The molecule has 0 aromatic heterocycles. The number of esters is 2. The Morgan fingerprint density at radius 3 is 2.51 bits per heavy atom. The summed E-state index contributed by atoms with van der Waals surface area (Å²) in [5, 5.41) is 5.53. The third-order valence-corrected chi connectivity index (χ3v) is 6.99. The highest BCUT2D eigenvalue weighted by molar-refractivity contribution is 8.00. The van der Waals surface area contributed by atoms with Gasteiger partial charge in [0.25, 0.3) is 5.91 Å². The molecule has 2 saturated heterocycles. The van der Waals surface area contributed by atoms with Gasteiger partial charge in [0.05, 0.1) is 17.9 Å². The number of oxime groups is 1. The molecule has 2 unspecified atom stereocenters. The molecule has 0 bridgehead atoms. The molecule has 12 nitrogen and oxygen atoms in total. The van der Waals surface area contributed by atoms with Gasteiger partial charge in [-0.05, 0) is 27.7 Å². The van der Waals surface area contributed by atoms with Gasteiger partial charge in [0.2, 0.25) is 24.2 Å². The Morgan fingerprint density at radius 1 is 1.26 bits per heavy atom. The fourth-order valence-electron chi connectivity index (χ4n) is 3.30. The van der Waals surface area contributed by atoms with Crippen LogP contribution in [-0.2, 0) is 43.0 Å². The maximum atomic E-state index is 12.9. The third kappa shape index (κ3) is 6.64. The minimum Gasteiger partial charge on any atom is -0.427 e. The van der Waals surface area contributed by atoms with Crippen LogP contribution < -0.4 is 5.32 Å². The summed E-state index contributed by atoms with van der Waals surface area (Å²) in [5.74, 6) is -3.53. The van der Waals surface area contributed by atoms with E-state index in [1.54, 1.807) is 27.7 Å². The van der Waals surface area contributed by atoms with Crippen molar-refractivity contribution >= 4 is 58.6 Å². The predicted octanol–water partition coefficient (Wildman–Crippen LogP) is 0.310. The molecule has 1 N–H and O–H groups in total. The normalized spacial score (nSPS) is 24.1. The van der Waals surface area contributed by atoms with E-state index in [2.05, 4.69) is 10.5 Å². The average Bonchev–Trinajstić information content (AvgIpc) is 2.81. The molecule has 2 heterocycles. The van der Waals surface area contributed by atoms with Crippen molar-refractivity contribution in [2.45, 2.75) is 39.1 Å². The van der Waals surface area contributed by atoms with Crippen LogP contribution in [-0.4, -0.2) is 96.9 Å². The number of ketones is 1. The number of nitrogens with zero attached hydrogens (tertiary/aromatic N) is 2. The summed E-state index contributed by atoms with van der Waals surface area (Å²) in [4.78, 5) is 68.3. The SMILES string of the molecule is CCON=C(C(=O)CCl)C(=O)NC1C(=O)N2CC(COC)(C(=O)OCOC(=O)C(C)(C)C)CS[C@H]12. The monoisotopic (exact) mass is 535 g/mol. The van der Waals surface area contributed by atoms with Gasteiger partial charge in [0.15, 0.2) is 0 Å². The number of Topliss-reactive ketones (excluding diaryl/α,β-unsaturated/α-hetero) is 1. The van der Waals surface area contributed by atoms with E-state index in [9.17, 15) is 24.0 Å². The first kappa shape index (κ1) is 28.9. The number of fused-ring (bicyclic) bond motifs is 1. The molecule has 0 aromatic carbocycles. The minimum absolute atomic E-state index is 0.0176. The van der Waals surface area contributed by atoms with Crippen LogP contribution in [0, 0.1) is 10.8 Å². The maximum absolute atomic E-state index is 12.9. The van der Waals surface area contributed by atoms with Gasteiger partial charge < -0.3 is 29.3 Å². The molecule has 2 aliphatic heterocycles. The molecule has 0 aromatic rings. The van der Waals surface area contributed by atoms with Crippen molar-refractivity contribution in [3.63, 3.8) is 0 Å². The van der Waals surface area contributed by atoms with Crippen LogP contribution in [0.4, 0.5) is 0 Å². The Labute approximate surface area is 212 Å². The van der Waals surface area contributed by atoms with Crippen molar-refractivity contribution in [1.29, 1.82) is 0 Å². The average molecular weight is 536 g/mol. The number of hydrogen-bond donors (Lipinski definition) is 1. The van der Waals surface area contributed by atoms with Gasteiger partial charge in [0, 0.05) is 19.4 Å². The largest absolute Gasteiger partial charge is 0.427 e. The highest BCUT2D eigenvalue weighted by atomic mass is 35.5. The van der Waals surface area contributed by atoms with E-state index in [1.165, 1.54) is 23.8 Å². The van der Waals surface area contributed by atoms with Crippen molar-refractivity contribution in [2.24, 2.45) is 16.0 Å². The number of carbonyl (C=O) groups excluding carboxylic acids is 5. The Kier molecular flexibility index (Phi) is 9.93. The second-order valence-corrected chi connectivity index (χ2v) is 10.4. The number of nitrogens with one attached hydrogen (secondary N) is 1. The number of carbonyl (C=O) groups is 5. The van der Waals surface area contributed by atoms with Crippen LogP contribution in [0.5, 0.6) is 0 Å². The molecular weight excluding hydrogens is 506 g/mol. The van der Waals surface area contributed by atoms with Gasteiger partial charge in [0.1, 0.15) is 23.4 Å². The standard InChI is InChI=1S/C21H30ClN3O9S/c1-6-34-24-13(12(26)7-22)15(27)23-14-16(28)25-8-21(9-31-5,10-35-17(14)25)19(30)33-11-32-18(29)20(2,3)4/h14,17H,6-11H2,1-5H3,(H,23,27)/t14?,17-,21?/m1/s1. The third-order valence-electron chi connectivity index (χ3n) is 5.16. The van der Waals surface area contributed by atoms with Crippen LogP contribution >= 0.6 is 23.4 Å². The molecule has 2 fully saturated rings. The summed E-state index contributed by atoms with van der Waals surface area (Å²) >= 11 is 6.78. The summed E-state index contributed by atoms with van der Waals surface area (Å²) in [5.41, 5.74) is -2.48. The quantitative estimate of drug-likeness (QED) is 0.0744. The first-order valence-corrected chi connectivity index (χ1v) is 12.4. The molecule has 2 aliphatic rings. The summed E-state index contributed by atoms with van der Waals surface area (Å²) in [7, 11) is 1.42. The summed E-state index contributed by atoms with van der Waals surface area (Å²) in [6.45, 7) is 6.16. The number of halogens is 1. The highest BCUT2D eigenvalue weighted by Gasteiger charge is 2.58. The van der Waals surface area contributed by atoms with Crippen LogP contribution in [0.3, 0.4) is 0 Å². The van der Waals surface area contributed by atoms with E-state index in [-0.39, 0.29) is 25.5 Å². The second kappa shape index (κ2) is 12.0. The number of hydrogen-bond acceptors (Lipinski definition) is 11. The van der Waals surface area contributed by atoms with Crippen molar-refractivity contribution in [1.82, 2.24) is 10.2 Å². The number of alkyl halides is 1. The van der Waals surface area contributed by atoms with E-state index in [1.807, 2.05) is 0 Å². The van der Waals surface area contributed by atoms with Gasteiger partial charge in [-0.2, -0.15) is 0 Å². The van der Waals surface area contributed by atoms with Crippen LogP contribution in [0.2, 0.25) is 0 Å². The fourth-order valence-corrected chi connectivity index (χ4v) is 4.94. The molecule has 0 aliphatic carbocycles. The molecule has 0 spiro atoms. The molecule has 35 heavy (non-hydrogen) atoms. The molecule has 196 valence electrons. The van der Waals surface area contributed by atoms with Crippen LogP contribution in [0.1, 0.15) is 27.7 Å². The molecule has 3 atom stereocenters. The van der Waals surface area contributed by atoms with Gasteiger partial charge in [-0.1, -0.05) is 5.16 Å². The molecule has 14 heteroatoms. The minimum atomic E-state index is -1.19. The lowest BCUT2D eigenvalue weighted by Crippen LogP contribution is -2.74. The van der Waals surface area contributed by atoms with Crippen LogP contribution in [0.25, 0.3) is 0 Å². The number of thioether (sulfide) groups is 1. The molecule has 2 amide bonds. The predicted molar refractivity (Wildman–Crippen MR) is 125 cm³/mol. The summed E-state index contributed by atoms with van der Waals surface area (Å²) < 4.78 is 15.4. The Hall–Kier alpha value is -2.38. The lowest BCUT2D eigenvalue weighted by atomic mass is 9.88. The van der Waals surface area contributed by atoms with E-state index >= 15 is 0 Å². The van der Waals surface area contributed by atoms with Gasteiger partial charge >= 0.3 is 11.9 Å². The van der Waals surface area contributed by atoms with E-state index in [0.717, 1.165) is 0 Å². The maximum Gasteiger partial charge on any atom is 0.319 e. The number of amides is 2. The smallest absolute Gasteiger partial charge is 0.319 e. The summed E-state index contributed by atoms with van der Waals surface area (Å²) in [6, 6.07) is -0.924. The Morgan fingerprint density at radius 2 is 1.94 bits per heavy atom. The first-order valence-electron chi connectivity index (χ1n) is 10.8. The molecule has 0 saturated carbocycles. The van der Waals surface area contributed by atoms with Crippen molar-refractivity contribution in [3.05, 3.63) is 0 Å². The number of ether oxygens (including phenoxy) is 3. The van der Waals surface area contributed by atoms with Gasteiger partial charge in [-0.15, -0.1) is 23.4 Å².